The van der Waals surface area contributed by atoms with Crippen LogP contribution < -0.4 is 4.90 Å². The highest BCUT2D eigenvalue weighted by molar-refractivity contribution is 6.28. The maximum Gasteiger partial charge on any atom is 0.433 e. The van der Waals surface area contributed by atoms with Crippen molar-refractivity contribution in [3.05, 3.63) is 41.1 Å². The largest absolute Gasteiger partial charge is 0.433 e. The molecule has 134 valence electrons. The average Bonchev–Trinajstić information content (AvgIpc) is 2.87. The van der Waals surface area contributed by atoms with Crippen molar-refractivity contribution in [2.75, 3.05) is 24.6 Å². The molecule has 1 N–H and O–H groups in total. The average molecular weight is 373 g/mol. The first-order valence-corrected chi connectivity index (χ1v) is 8.24. The summed E-state index contributed by atoms with van der Waals surface area (Å²) in [6.07, 6.45) is -2.65. The van der Waals surface area contributed by atoms with E-state index in [2.05, 4.69) is 9.97 Å². The molecular formula is C16H16ClF3N4O. The number of alkyl halides is 3. The molecule has 1 saturated carbocycles. The number of hydrogen-bond donors (Lipinski definition) is 1. The normalized spacial score (nSPS) is 28.3. The van der Waals surface area contributed by atoms with Gasteiger partial charge in [-0.1, -0.05) is 0 Å². The molecule has 0 amide bonds. The number of aromatic nitrogens is 3. The predicted molar refractivity (Wildman–Crippen MR) is 85.4 cm³/mol. The number of rotatable bonds is 3. The lowest BCUT2D eigenvalue weighted by Crippen LogP contribution is -2.32. The first-order valence-electron chi connectivity index (χ1n) is 7.87. The second-order valence-corrected chi connectivity index (χ2v) is 7.04. The molecule has 0 radical (unpaired) electrons. The highest BCUT2D eigenvalue weighted by atomic mass is 35.5. The van der Waals surface area contributed by atoms with Gasteiger partial charge in [-0.3, -0.25) is 0 Å². The quantitative estimate of drug-likeness (QED) is 0.841. The van der Waals surface area contributed by atoms with Crippen LogP contribution in [-0.2, 0) is 18.6 Å². The summed E-state index contributed by atoms with van der Waals surface area (Å²) in [7, 11) is 1.93. The minimum Gasteiger partial charge on any atom is -0.396 e. The Balaban J connectivity index is 1.68. The zero-order valence-corrected chi connectivity index (χ0v) is 14.1. The number of halogens is 4. The molecule has 3 heterocycles. The van der Waals surface area contributed by atoms with Gasteiger partial charge in [0.15, 0.2) is 5.69 Å². The number of piperidine rings is 1. The van der Waals surface area contributed by atoms with Gasteiger partial charge in [-0.25, -0.2) is 9.97 Å². The lowest BCUT2D eigenvalue weighted by Gasteiger charge is -2.25. The number of aryl methyl sites for hydroxylation is 1. The molecule has 25 heavy (non-hydrogen) atoms. The van der Waals surface area contributed by atoms with Crippen molar-refractivity contribution in [3.8, 4) is 0 Å². The third kappa shape index (κ3) is 2.42. The summed E-state index contributed by atoms with van der Waals surface area (Å²) >= 11 is 5.70. The van der Waals surface area contributed by atoms with Crippen LogP contribution in [0.3, 0.4) is 0 Å². The minimum atomic E-state index is -4.58. The van der Waals surface area contributed by atoms with Gasteiger partial charge in [0.05, 0.1) is 0 Å². The van der Waals surface area contributed by atoms with Crippen LogP contribution in [0.15, 0.2) is 24.4 Å². The third-order valence-electron chi connectivity index (χ3n) is 5.49. The van der Waals surface area contributed by atoms with Crippen LogP contribution >= 0.6 is 11.6 Å². The molecule has 0 bridgehead atoms. The van der Waals surface area contributed by atoms with Crippen molar-refractivity contribution in [2.24, 2.45) is 18.9 Å². The molecule has 2 aliphatic rings. The van der Waals surface area contributed by atoms with Gasteiger partial charge in [0.25, 0.3) is 0 Å². The summed E-state index contributed by atoms with van der Waals surface area (Å²) in [4.78, 5) is 9.06. The first-order chi connectivity index (χ1) is 11.8. The van der Waals surface area contributed by atoms with Gasteiger partial charge < -0.3 is 14.6 Å². The summed E-state index contributed by atoms with van der Waals surface area (Å²) in [6, 6.07) is 4.86. The molecule has 5 nitrogen and oxygen atoms in total. The molecule has 1 aliphatic heterocycles. The summed E-state index contributed by atoms with van der Waals surface area (Å²) < 4.78 is 41.0. The summed E-state index contributed by atoms with van der Waals surface area (Å²) in [5.74, 6) is 0.454. The second kappa shape index (κ2) is 5.35. The zero-order chi connectivity index (χ0) is 18.0. The van der Waals surface area contributed by atoms with Crippen molar-refractivity contribution in [3.63, 3.8) is 0 Å². The van der Waals surface area contributed by atoms with E-state index in [1.165, 1.54) is 0 Å². The topological polar surface area (TPSA) is 54.2 Å². The van der Waals surface area contributed by atoms with Crippen molar-refractivity contribution < 1.29 is 18.3 Å². The molecule has 0 aromatic carbocycles. The van der Waals surface area contributed by atoms with Gasteiger partial charge in [-0.2, -0.15) is 13.2 Å². The Labute approximate surface area is 147 Å². The Bertz CT molecular complexity index is 824. The molecule has 2 aromatic heterocycles. The van der Waals surface area contributed by atoms with E-state index in [1.54, 1.807) is 4.90 Å². The standard InChI is InChI=1S/C16H16ClF3N4O/c1-23-4-2-3-12(23)15-8-24(6-9(15)10(15)7-25)13-5-11(16(18,19)20)21-14(17)22-13/h2-5,9-10,25H,6-8H2,1H3. The van der Waals surface area contributed by atoms with Crippen LogP contribution in [0.4, 0.5) is 19.0 Å². The number of aliphatic hydroxyl groups is 1. The molecular weight excluding hydrogens is 357 g/mol. The maximum atomic E-state index is 13.0. The van der Waals surface area contributed by atoms with E-state index in [0.717, 1.165) is 11.8 Å². The molecule has 2 fully saturated rings. The smallest absolute Gasteiger partial charge is 0.396 e. The third-order valence-corrected chi connectivity index (χ3v) is 5.66. The van der Waals surface area contributed by atoms with Gasteiger partial charge in [-0.15, -0.1) is 0 Å². The van der Waals surface area contributed by atoms with Crippen LogP contribution in [0, 0.1) is 11.8 Å². The van der Waals surface area contributed by atoms with Gasteiger partial charge in [-0.05, 0) is 29.7 Å². The van der Waals surface area contributed by atoms with E-state index < -0.39 is 17.2 Å². The molecule has 1 saturated heterocycles. The molecule has 9 heteroatoms. The van der Waals surface area contributed by atoms with Gasteiger partial charge >= 0.3 is 6.18 Å². The number of nitrogens with zero attached hydrogens (tertiary/aromatic N) is 4. The fourth-order valence-electron chi connectivity index (χ4n) is 4.33. The van der Waals surface area contributed by atoms with Crippen LogP contribution in [0.5, 0.6) is 0 Å². The van der Waals surface area contributed by atoms with E-state index >= 15 is 0 Å². The van der Waals surface area contributed by atoms with Crippen LogP contribution in [0.1, 0.15) is 11.4 Å². The van der Waals surface area contributed by atoms with Crippen LogP contribution in [0.2, 0.25) is 5.28 Å². The monoisotopic (exact) mass is 372 g/mol. The van der Waals surface area contributed by atoms with Gasteiger partial charge in [0.1, 0.15) is 5.82 Å². The maximum absolute atomic E-state index is 13.0. The lowest BCUT2D eigenvalue weighted by atomic mass is 9.98. The van der Waals surface area contributed by atoms with E-state index in [9.17, 15) is 18.3 Å². The van der Waals surface area contributed by atoms with Crippen molar-refractivity contribution in [1.82, 2.24) is 14.5 Å². The fraction of sp³-hybridized carbons (Fsp3) is 0.500. The Hall–Kier alpha value is -1.80. The molecule has 1 aliphatic carbocycles. The van der Waals surface area contributed by atoms with Gasteiger partial charge in [0.2, 0.25) is 5.28 Å². The lowest BCUT2D eigenvalue weighted by molar-refractivity contribution is -0.141. The first kappa shape index (κ1) is 16.7. The molecule has 3 unspecified atom stereocenters. The van der Waals surface area contributed by atoms with E-state index in [4.69, 9.17) is 11.6 Å². The van der Waals surface area contributed by atoms with E-state index in [-0.39, 0.29) is 29.7 Å². The Morgan fingerprint density at radius 1 is 1.40 bits per heavy atom. The highest BCUT2D eigenvalue weighted by Gasteiger charge is 2.70. The number of aliphatic hydroxyl groups excluding tert-OH is 1. The molecule has 2 aromatic rings. The van der Waals surface area contributed by atoms with E-state index in [1.807, 2.05) is 29.9 Å². The Morgan fingerprint density at radius 3 is 2.76 bits per heavy atom. The van der Waals surface area contributed by atoms with Gasteiger partial charge in [0, 0.05) is 56.0 Å². The van der Waals surface area contributed by atoms with Crippen molar-refractivity contribution >= 4 is 17.4 Å². The number of fused-ring (bicyclic) bond motifs is 1. The summed E-state index contributed by atoms with van der Waals surface area (Å²) in [5, 5.41) is 9.28. The number of anilines is 1. The Morgan fingerprint density at radius 2 is 2.16 bits per heavy atom. The summed E-state index contributed by atoms with van der Waals surface area (Å²) in [5.41, 5.74) is -0.229. The SMILES string of the molecule is Cn1cccc1C12CN(c3cc(C(F)(F)F)nc(Cl)n3)CC1C2CO. The van der Waals surface area contributed by atoms with E-state index in [0.29, 0.717) is 13.1 Å². The zero-order valence-electron chi connectivity index (χ0n) is 13.3. The molecule has 0 spiro atoms. The Kier molecular flexibility index (Phi) is 3.56. The van der Waals surface area contributed by atoms with Crippen LogP contribution in [0.25, 0.3) is 0 Å². The highest BCUT2D eigenvalue weighted by Crippen LogP contribution is 2.64. The molecule has 3 atom stereocenters. The predicted octanol–water partition coefficient (Wildman–Crippen LogP) is 2.48. The van der Waals surface area contributed by atoms with Crippen molar-refractivity contribution in [2.45, 2.75) is 11.6 Å². The van der Waals surface area contributed by atoms with Crippen LogP contribution in [-0.4, -0.2) is 39.3 Å². The van der Waals surface area contributed by atoms with Crippen molar-refractivity contribution in [1.29, 1.82) is 0 Å². The number of hydrogen-bond acceptors (Lipinski definition) is 4. The second-order valence-electron chi connectivity index (χ2n) is 6.70. The minimum absolute atomic E-state index is 0.0576. The fourth-order valence-corrected chi connectivity index (χ4v) is 4.51. The summed E-state index contributed by atoms with van der Waals surface area (Å²) in [6.45, 7) is 1.08. The molecule has 4 rings (SSSR count).